The van der Waals surface area contributed by atoms with E-state index in [4.69, 9.17) is 5.11 Å². The van der Waals surface area contributed by atoms with Crippen molar-refractivity contribution in [3.63, 3.8) is 0 Å². The fraction of sp³-hybridized carbons (Fsp3) is 0.500. The molecule has 1 rings (SSSR count). The van der Waals surface area contributed by atoms with Crippen LogP contribution in [0.5, 0.6) is 0 Å². The minimum Gasteiger partial charge on any atom is -0.390 e. The number of rotatable bonds is 1. The summed E-state index contributed by atoms with van der Waals surface area (Å²) in [5, 5.41) is 8.59. The second-order valence-electron chi connectivity index (χ2n) is 2.31. The van der Waals surface area contributed by atoms with Crippen molar-refractivity contribution >= 4 is 0 Å². The largest absolute Gasteiger partial charge is 0.435 e. The van der Waals surface area contributed by atoms with Crippen LogP contribution in [0.3, 0.4) is 0 Å². The van der Waals surface area contributed by atoms with Crippen LogP contribution in [-0.2, 0) is 19.8 Å². The molecular formula is C6H7F3N2O. The van der Waals surface area contributed by atoms with Gasteiger partial charge in [0.15, 0.2) is 5.69 Å². The Labute approximate surface area is 66.5 Å². The van der Waals surface area contributed by atoms with Crippen molar-refractivity contribution < 1.29 is 18.3 Å². The van der Waals surface area contributed by atoms with Gasteiger partial charge in [-0.1, -0.05) is 0 Å². The van der Waals surface area contributed by atoms with E-state index in [2.05, 4.69) is 4.98 Å². The van der Waals surface area contributed by atoms with Gasteiger partial charge in [0, 0.05) is 7.05 Å². The van der Waals surface area contributed by atoms with Crippen LogP contribution in [-0.4, -0.2) is 14.7 Å². The maximum Gasteiger partial charge on any atom is 0.435 e. The molecule has 1 aromatic heterocycles. The molecule has 0 atom stereocenters. The summed E-state index contributed by atoms with van der Waals surface area (Å²) in [6, 6.07) is 0. The van der Waals surface area contributed by atoms with E-state index in [1.54, 1.807) is 0 Å². The van der Waals surface area contributed by atoms with Crippen LogP contribution in [0.4, 0.5) is 13.2 Å². The fourth-order valence-electron chi connectivity index (χ4n) is 0.879. The highest BCUT2D eigenvalue weighted by Crippen LogP contribution is 2.30. The Balaban J connectivity index is 3.16. The van der Waals surface area contributed by atoms with Crippen LogP contribution in [0.25, 0.3) is 0 Å². The monoisotopic (exact) mass is 180 g/mol. The molecule has 0 spiro atoms. The molecule has 0 aliphatic rings. The van der Waals surface area contributed by atoms with Crippen LogP contribution in [0.1, 0.15) is 11.4 Å². The summed E-state index contributed by atoms with van der Waals surface area (Å²) in [5.41, 5.74) is -1.24. The fourth-order valence-corrected chi connectivity index (χ4v) is 0.879. The molecule has 0 aliphatic carbocycles. The van der Waals surface area contributed by atoms with Crippen LogP contribution >= 0.6 is 0 Å². The van der Waals surface area contributed by atoms with Crippen molar-refractivity contribution in [3.8, 4) is 0 Å². The molecule has 0 aliphatic heterocycles. The lowest BCUT2D eigenvalue weighted by Gasteiger charge is -2.05. The number of aryl methyl sites for hydroxylation is 1. The average Bonchev–Trinajstić information content (AvgIpc) is 2.29. The third-order valence-electron chi connectivity index (χ3n) is 1.48. The van der Waals surface area contributed by atoms with Crippen LogP contribution in [0.15, 0.2) is 6.33 Å². The average molecular weight is 180 g/mol. The minimum absolute atomic E-state index is 0.220. The highest BCUT2D eigenvalue weighted by molar-refractivity contribution is 5.15. The third kappa shape index (κ3) is 1.42. The normalized spacial score (nSPS) is 12.1. The summed E-state index contributed by atoms with van der Waals surface area (Å²) >= 11 is 0. The molecule has 1 N–H and O–H groups in total. The molecule has 6 heteroatoms. The number of alkyl halides is 3. The van der Waals surface area contributed by atoms with Gasteiger partial charge in [-0.15, -0.1) is 0 Å². The van der Waals surface area contributed by atoms with Gasteiger partial charge in [-0.05, 0) is 0 Å². The summed E-state index contributed by atoms with van der Waals surface area (Å²) in [7, 11) is 1.40. The maximum absolute atomic E-state index is 12.1. The first-order valence-corrected chi connectivity index (χ1v) is 3.15. The summed E-state index contributed by atoms with van der Waals surface area (Å²) in [6.07, 6.45) is -3.46. The lowest BCUT2D eigenvalue weighted by Crippen LogP contribution is -2.10. The van der Waals surface area contributed by atoms with E-state index in [0.717, 1.165) is 10.9 Å². The SMILES string of the molecule is Cn1cnc(C(F)(F)F)c1CO. The quantitative estimate of drug-likeness (QED) is 0.698. The van der Waals surface area contributed by atoms with Crippen LogP contribution < -0.4 is 0 Å². The Bertz CT molecular complexity index is 279. The molecule has 1 aromatic rings. The Morgan fingerprint density at radius 1 is 1.58 bits per heavy atom. The van der Waals surface area contributed by atoms with Gasteiger partial charge >= 0.3 is 6.18 Å². The molecule has 1 heterocycles. The van der Waals surface area contributed by atoms with E-state index in [1.807, 2.05) is 0 Å². The van der Waals surface area contributed by atoms with E-state index in [0.29, 0.717) is 0 Å². The number of hydrogen-bond acceptors (Lipinski definition) is 2. The lowest BCUT2D eigenvalue weighted by atomic mass is 10.3. The van der Waals surface area contributed by atoms with Crippen molar-refractivity contribution in [1.82, 2.24) is 9.55 Å². The maximum atomic E-state index is 12.1. The molecule has 68 valence electrons. The summed E-state index contributed by atoms with van der Waals surface area (Å²) < 4.78 is 37.3. The zero-order valence-corrected chi connectivity index (χ0v) is 6.26. The first-order valence-electron chi connectivity index (χ1n) is 3.15. The first kappa shape index (κ1) is 9.05. The molecule has 0 aromatic carbocycles. The number of aliphatic hydroxyl groups excluding tert-OH is 1. The van der Waals surface area contributed by atoms with Crippen molar-refractivity contribution in [3.05, 3.63) is 17.7 Å². The Morgan fingerprint density at radius 3 is 2.50 bits per heavy atom. The van der Waals surface area contributed by atoms with Crippen molar-refractivity contribution in [2.45, 2.75) is 12.8 Å². The van der Waals surface area contributed by atoms with Gasteiger partial charge in [-0.3, -0.25) is 0 Å². The van der Waals surface area contributed by atoms with Crippen LogP contribution in [0, 0.1) is 0 Å². The first-order chi connectivity index (χ1) is 5.46. The lowest BCUT2D eigenvalue weighted by molar-refractivity contribution is -0.142. The number of aliphatic hydroxyl groups is 1. The highest BCUT2D eigenvalue weighted by atomic mass is 19.4. The molecule has 0 bridgehead atoms. The second-order valence-corrected chi connectivity index (χ2v) is 2.31. The van der Waals surface area contributed by atoms with Gasteiger partial charge < -0.3 is 9.67 Å². The minimum atomic E-state index is -4.49. The molecule has 0 fully saturated rings. The van der Waals surface area contributed by atoms with Crippen molar-refractivity contribution in [2.75, 3.05) is 0 Å². The second kappa shape index (κ2) is 2.78. The molecule has 0 saturated heterocycles. The van der Waals surface area contributed by atoms with Crippen molar-refractivity contribution in [1.29, 1.82) is 0 Å². The predicted octanol–water partition coefficient (Wildman–Crippen LogP) is 0.931. The molecule has 0 saturated carbocycles. The van der Waals surface area contributed by atoms with Gasteiger partial charge in [0.2, 0.25) is 0 Å². The summed E-state index contributed by atoms with van der Waals surface area (Å²) in [5.74, 6) is 0. The van der Waals surface area contributed by atoms with E-state index in [9.17, 15) is 13.2 Å². The molecule has 12 heavy (non-hydrogen) atoms. The van der Waals surface area contributed by atoms with E-state index in [-0.39, 0.29) is 5.69 Å². The summed E-state index contributed by atoms with van der Waals surface area (Å²) in [6.45, 7) is -0.661. The van der Waals surface area contributed by atoms with Gasteiger partial charge in [0.1, 0.15) is 0 Å². The number of aromatic nitrogens is 2. The van der Waals surface area contributed by atoms with E-state index < -0.39 is 18.5 Å². The van der Waals surface area contributed by atoms with Gasteiger partial charge in [0.05, 0.1) is 18.6 Å². The number of nitrogens with zero attached hydrogens (tertiary/aromatic N) is 2. The summed E-state index contributed by atoms with van der Waals surface area (Å²) in [4.78, 5) is 3.14. The highest BCUT2D eigenvalue weighted by Gasteiger charge is 2.36. The van der Waals surface area contributed by atoms with Crippen LogP contribution in [0.2, 0.25) is 0 Å². The Hall–Kier alpha value is -1.04. The van der Waals surface area contributed by atoms with Crippen molar-refractivity contribution in [2.24, 2.45) is 7.05 Å². The van der Waals surface area contributed by atoms with E-state index in [1.165, 1.54) is 7.05 Å². The standard InChI is InChI=1S/C6H7F3N2O/c1-11-3-10-5(4(11)2-12)6(7,8)9/h3,12H,2H2,1H3. The Morgan fingerprint density at radius 2 is 2.17 bits per heavy atom. The molecule has 0 radical (unpaired) electrons. The Kier molecular flexibility index (Phi) is 2.10. The zero-order chi connectivity index (χ0) is 9.35. The van der Waals surface area contributed by atoms with Gasteiger partial charge in [0.25, 0.3) is 0 Å². The number of hydrogen-bond donors (Lipinski definition) is 1. The predicted molar refractivity (Wildman–Crippen MR) is 34.1 cm³/mol. The molecule has 0 unspecified atom stereocenters. The zero-order valence-electron chi connectivity index (χ0n) is 6.26. The number of imidazole rings is 1. The van der Waals surface area contributed by atoms with Gasteiger partial charge in [-0.2, -0.15) is 13.2 Å². The molecule has 0 amide bonds. The number of halogens is 3. The molecule has 3 nitrogen and oxygen atoms in total. The third-order valence-corrected chi connectivity index (χ3v) is 1.48. The smallest absolute Gasteiger partial charge is 0.390 e. The van der Waals surface area contributed by atoms with E-state index >= 15 is 0 Å². The molecular weight excluding hydrogens is 173 g/mol. The van der Waals surface area contributed by atoms with Gasteiger partial charge in [-0.25, -0.2) is 4.98 Å². The topological polar surface area (TPSA) is 38.0 Å².